The highest BCUT2D eigenvalue weighted by Gasteiger charge is 2.26. The van der Waals surface area contributed by atoms with Crippen LogP contribution in [-0.4, -0.2) is 31.7 Å². The number of carbonyl (C=O) groups excluding carboxylic acids is 1. The summed E-state index contributed by atoms with van der Waals surface area (Å²) in [5, 5.41) is 18.8. The molecule has 3 aromatic rings. The maximum atomic E-state index is 13.4. The Bertz CT molecular complexity index is 1110. The molecule has 0 unspecified atom stereocenters. The molecule has 0 saturated heterocycles. The van der Waals surface area contributed by atoms with E-state index in [4.69, 9.17) is 5.11 Å². The van der Waals surface area contributed by atoms with E-state index in [-0.39, 0.29) is 30.6 Å². The van der Waals surface area contributed by atoms with E-state index in [1.807, 2.05) is 36.4 Å². The minimum atomic E-state index is -1.06. The number of nitrogens with one attached hydrogen (secondary N) is 2. The Balaban J connectivity index is 1.66. The van der Waals surface area contributed by atoms with Crippen molar-refractivity contribution >= 4 is 29.5 Å². The lowest BCUT2D eigenvalue weighted by atomic mass is 10.0. The first-order chi connectivity index (χ1) is 14.5. The molecule has 0 aliphatic carbocycles. The van der Waals surface area contributed by atoms with Crippen LogP contribution in [-0.2, 0) is 9.59 Å². The third kappa shape index (κ3) is 4.19. The molecule has 1 atom stereocenters. The van der Waals surface area contributed by atoms with Crippen molar-refractivity contribution in [1.82, 2.24) is 14.8 Å². The predicted octanol–water partition coefficient (Wildman–Crippen LogP) is 3.28. The van der Waals surface area contributed by atoms with Gasteiger partial charge in [-0.15, -0.1) is 5.10 Å². The molecule has 9 heteroatoms. The molecule has 8 nitrogen and oxygen atoms in total. The lowest BCUT2D eigenvalue weighted by molar-refractivity contribution is -0.138. The van der Waals surface area contributed by atoms with Gasteiger partial charge < -0.3 is 10.4 Å². The highest BCUT2D eigenvalue weighted by atomic mass is 19.1. The molecule has 1 aromatic heterocycles. The van der Waals surface area contributed by atoms with Gasteiger partial charge in [0.2, 0.25) is 11.9 Å². The summed E-state index contributed by atoms with van der Waals surface area (Å²) in [6.45, 7) is 0. The van der Waals surface area contributed by atoms with Gasteiger partial charge >= 0.3 is 5.97 Å². The number of amides is 1. The predicted molar refractivity (Wildman–Crippen MR) is 108 cm³/mol. The van der Waals surface area contributed by atoms with E-state index in [2.05, 4.69) is 20.7 Å². The molecule has 0 radical (unpaired) electrons. The van der Waals surface area contributed by atoms with Crippen LogP contribution in [0.5, 0.6) is 0 Å². The summed E-state index contributed by atoms with van der Waals surface area (Å²) in [6, 6.07) is 15.3. The van der Waals surface area contributed by atoms with Gasteiger partial charge in [-0.2, -0.15) is 4.98 Å². The number of carboxylic acids is 1. The minimum absolute atomic E-state index is 0.0581. The smallest absolute Gasteiger partial charge is 0.303 e. The molecule has 0 bridgehead atoms. The summed E-state index contributed by atoms with van der Waals surface area (Å²) in [4.78, 5) is 27.0. The number of hydrogen-bond acceptors (Lipinski definition) is 5. The average molecular weight is 407 g/mol. The first-order valence-corrected chi connectivity index (χ1v) is 9.27. The summed E-state index contributed by atoms with van der Waals surface area (Å²) >= 11 is 0. The molecule has 4 rings (SSSR count). The van der Waals surface area contributed by atoms with Gasteiger partial charge in [0, 0.05) is 12.1 Å². The number of allylic oxidation sites excluding steroid dienone is 1. The van der Waals surface area contributed by atoms with Gasteiger partial charge in [0.25, 0.3) is 5.95 Å². The van der Waals surface area contributed by atoms with Gasteiger partial charge in [-0.3, -0.25) is 14.9 Å². The van der Waals surface area contributed by atoms with Crippen LogP contribution in [0.4, 0.5) is 16.3 Å². The van der Waals surface area contributed by atoms with Crippen LogP contribution < -0.4 is 10.6 Å². The van der Waals surface area contributed by atoms with Crippen LogP contribution in [0, 0.1) is 5.82 Å². The van der Waals surface area contributed by atoms with E-state index >= 15 is 0 Å². The third-order valence-electron chi connectivity index (χ3n) is 4.58. The Morgan fingerprint density at radius 1 is 1.10 bits per heavy atom. The highest BCUT2D eigenvalue weighted by molar-refractivity contribution is 5.91. The van der Waals surface area contributed by atoms with E-state index < -0.39 is 11.9 Å². The molecule has 3 N–H and O–H groups in total. The maximum Gasteiger partial charge on any atom is 0.303 e. The molecule has 152 valence electrons. The number of hydrogen-bond donors (Lipinski definition) is 3. The van der Waals surface area contributed by atoms with Crippen molar-refractivity contribution < 1.29 is 19.1 Å². The zero-order valence-electron chi connectivity index (χ0n) is 15.7. The second kappa shape index (κ2) is 8.16. The van der Waals surface area contributed by atoms with E-state index in [1.54, 1.807) is 16.8 Å². The zero-order valence-corrected chi connectivity index (χ0v) is 15.7. The molecule has 2 heterocycles. The normalized spacial score (nSPS) is 15.0. The van der Waals surface area contributed by atoms with Crippen LogP contribution >= 0.6 is 0 Å². The molecule has 0 spiro atoms. The largest absolute Gasteiger partial charge is 0.481 e. The molecule has 2 aromatic carbocycles. The van der Waals surface area contributed by atoms with Crippen molar-refractivity contribution in [2.75, 3.05) is 10.6 Å². The summed E-state index contributed by atoms with van der Waals surface area (Å²) in [5.74, 6) is -1.43. The monoisotopic (exact) mass is 407 g/mol. The summed E-state index contributed by atoms with van der Waals surface area (Å²) in [6.07, 6.45) is 1.48. The first kappa shape index (κ1) is 19.3. The summed E-state index contributed by atoms with van der Waals surface area (Å²) in [5.41, 5.74) is 2.53. The van der Waals surface area contributed by atoms with Crippen LogP contribution in [0.15, 0.2) is 60.7 Å². The highest BCUT2D eigenvalue weighted by Crippen LogP contribution is 2.33. The molecule has 0 saturated carbocycles. The van der Waals surface area contributed by atoms with Crippen molar-refractivity contribution in [3.05, 3.63) is 77.6 Å². The lowest BCUT2D eigenvalue weighted by Crippen LogP contribution is -2.20. The number of benzene rings is 2. The second-order valence-corrected chi connectivity index (χ2v) is 6.71. The number of rotatable bonds is 6. The van der Waals surface area contributed by atoms with Crippen molar-refractivity contribution in [3.63, 3.8) is 0 Å². The van der Waals surface area contributed by atoms with Gasteiger partial charge in [-0.05, 0) is 29.3 Å². The molecule has 30 heavy (non-hydrogen) atoms. The number of carboxylic acid groups (broad SMARTS) is 1. The first-order valence-electron chi connectivity index (χ1n) is 9.27. The van der Waals surface area contributed by atoms with Gasteiger partial charge in [0.15, 0.2) is 0 Å². The van der Waals surface area contributed by atoms with E-state index in [0.29, 0.717) is 5.95 Å². The van der Waals surface area contributed by atoms with Crippen molar-refractivity contribution in [2.24, 2.45) is 0 Å². The fraction of sp³-hybridized carbons (Fsp3) is 0.143. The standard InChI is InChI=1S/C21H18FN5O3/c22-15-8-6-14(7-9-15)17-12-16(13-4-2-1-3-5-13)23-21-25-20(26-27(17)21)24-18(28)10-11-19(29)30/h1-9,12,17H,10-11H2,(H,29,30)(H2,23,24,25,26,28)/t17-/m0/s1. The maximum absolute atomic E-state index is 13.4. The molecular weight excluding hydrogens is 389 g/mol. The van der Waals surface area contributed by atoms with Crippen LogP contribution in [0.25, 0.3) is 5.70 Å². The molecule has 1 aliphatic heterocycles. The number of aliphatic carboxylic acids is 1. The fourth-order valence-electron chi connectivity index (χ4n) is 3.14. The van der Waals surface area contributed by atoms with Crippen molar-refractivity contribution in [1.29, 1.82) is 0 Å². The van der Waals surface area contributed by atoms with Gasteiger partial charge in [0.1, 0.15) is 11.9 Å². The van der Waals surface area contributed by atoms with Crippen molar-refractivity contribution in [3.8, 4) is 0 Å². The number of carbonyl (C=O) groups is 2. The zero-order chi connectivity index (χ0) is 21.1. The van der Waals surface area contributed by atoms with E-state index in [0.717, 1.165) is 16.8 Å². The third-order valence-corrected chi connectivity index (χ3v) is 4.58. The topological polar surface area (TPSA) is 109 Å². The number of nitrogens with zero attached hydrogens (tertiary/aromatic N) is 3. The van der Waals surface area contributed by atoms with Gasteiger partial charge in [-0.25, -0.2) is 9.07 Å². The molecule has 1 aliphatic rings. The molecule has 1 amide bonds. The van der Waals surface area contributed by atoms with Crippen LogP contribution in [0.1, 0.15) is 30.0 Å². The minimum Gasteiger partial charge on any atom is -0.481 e. The number of halogens is 1. The van der Waals surface area contributed by atoms with Crippen LogP contribution in [0.2, 0.25) is 0 Å². The molecule has 0 fully saturated rings. The van der Waals surface area contributed by atoms with Crippen LogP contribution in [0.3, 0.4) is 0 Å². The second-order valence-electron chi connectivity index (χ2n) is 6.71. The Kier molecular flexibility index (Phi) is 5.25. The lowest BCUT2D eigenvalue weighted by Gasteiger charge is -2.24. The number of fused-ring (bicyclic) bond motifs is 1. The number of anilines is 2. The summed E-state index contributed by atoms with van der Waals surface area (Å²) < 4.78 is 15.0. The summed E-state index contributed by atoms with van der Waals surface area (Å²) in [7, 11) is 0. The van der Waals surface area contributed by atoms with Gasteiger partial charge in [0.05, 0.1) is 6.42 Å². The number of aromatic nitrogens is 3. The Labute approximate surface area is 171 Å². The average Bonchev–Trinajstić information content (AvgIpc) is 3.15. The fourth-order valence-corrected chi connectivity index (χ4v) is 3.14. The Morgan fingerprint density at radius 2 is 1.83 bits per heavy atom. The van der Waals surface area contributed by atoms with E-state index in [1.165, 1.54) is 12.1 Å². The van der Waals surface area contributed by atoms with Crippen molar-refractivity contribution in [2.45, 2.75) is 18.9 Å². The van der Waals surface area contributed by atoms with E-state index in [9.17, 15) is 14.0 Å². The molecular formula is C21H18FN5O3. The Morgan fingerprint density at radius 3 is 2.53 bits per heavy atom. The Hall–Kier alpha value is -4.01. The quantitative estimate of drug-likeness (QED) is 0.579. The van der Waals surface area contributed by atoms with Gasteiger partial charge in [-0.1, -0.05) is 42.5 Å². The SMILES string of the molecule is O=C(O)CCC(=O)Nc1nc2n(n1)[C@H](c1ccc(F)cc1)C=C(c1ccccc1)N2.